The van der Waals surface area contributed by atoms with Crippen LogP contribution in [-0.4, -0.2) is 24.0 Å². The highest BCUT2D eigenvalue weighted by molar-refractivity contribution is 5.39. The van der Waals surface area contributed by atoms with E-state index in [2.05, 4.69) is 5.10 Å². The molecule has 0 amide bonds. The van der Waals surface area contributed by atoms with Gasteiger partial charge in [0, 0.05) is 25.4 Å². The average molecular weight is 275 g/mol. The molecule has 5 heteroatoms. The number of nitrogens with two attached hydrogens (primary N) is 1. The predicted octanol–water partition coefficient (Wildman–Crippen LogP) is 2.07. The fraction of sp³-hybridized carbons (Fsp3) is 0.400. The van der Waals surface area contributed by atoms with Crippen molar-refractivity contribution in [1.82, 2.24) is 9.78 Å². The number of ether oxygens (including phenoxy) is 2. The molecule has 1 aromatic carbocycles. The summed E-state index contributed by atoms with van der Waals surface area (Å²) < 4.78 is 12.3. The fourth-order valence-electron chi connectivity index (χ4n) is 2.13. The summed E-state index contributed by atoms with van der Waals surface area (Å²) in [6.07, 6.45) is 5.63. The first kappa shape index (κ1) is 14.4. The third-order valence-corrected chi connectivity index (χ3v) is 3.30. The van der Waals surface area contributed by atoms with Gasteiger partial charge < -0.3 is 15.2 Å². The number of aromatic nitrogens is 2. The molecule has 0 aliphatic heterocycles. The summed E-state index contributed by atoms with van der Waals surface area (Å²) in [5.74, 6) is 1.52. The normalized spacial score (nSPS) is 12.2. The minimum Gasteiger partial charge on any atom is -0.497 e. The maximum atomic E-state index is 6.26. The van der Waals surface area contributed by atoms with E-state index in [1.807, 2.05) is 37.6 Å². The number of nitrogens with zero attached hydrogens (tertiary/aromatic N) is 2. The molecule has 2 N–H and O–H groups in total. The molecule has 0 saturated carbocycles. The maximum absolute atomic E-state index is 6.26. The lowest BCUT2D eigenvalue weighted by molar-refractivity contribution is 0.392. The minimum absolute atomic E-state index is 0.0563. The lowest BCUT2D eigenvalue weighted by Crippen LogP contribution is -2.11. The van der Waals surface area contributed by atoms with Gasteiger partial charge in [0.15, 0.2) is 0 Å². The molecule has 0 radical (unpaired) electrons. The standard InChI is InChI=1S/C15H21N3O2/c1-18-10-11(9-17-18)4-5-15(16)12-6-13(19-2)8-14(7-12)20-3/h6-10,15H,4-5,16H2,1-3H3. The van der Waals surface area contributed by atoms with Crippen LogP contribution in [0.4, 0.5) is 0 Å². The molecule has 0 spiro atoms. The predicted molar refractivity (Wildman–Crippen MR) is 78.0 cm³/mol. The summed E-state index contributed by atoms with van der Waals surface area (Å²) in [5.41, 5.74) is 8.47. The Morgan fingerprint density at radius 3 is 2.35 bits per heavy atom. The highest BCUT2D eigenvalue weighted by atomic mass is 16.5. The number of hydrogen-bond donors (Lipinski definition) is 1. The van der Waals surface area contributed by atoms with E-state index >= 15 is 0 Å². The number of methoxy groups -OCH3 is 2. The molecule has 2 aromatic rings. The topological polar surface area (TPSA) is 62.3 Å². The van der Waals surface area contributed by atoms with Crippen LogP contribution < -0.4 is 15.2 Å². The van der Waals surface area contributed by atoms with Crippen molar-refractivity contribution in [2.75, 3.05) is 14.2 Å². The van der Waals surface area contributed by atoms with E-state index in [9.17, 15) is 0 Å². The first-order valence-electron chi connectivity index (χ1n) is 6.58. The molecule has 1 atom stereocenters. The van der Waals surface area contributed by atoms with Crippen LogP contribution in [0.5, 0.6) is 11.5 Å². The second-order valence-electron chi connectivity index (χ2n) is 4.81. The zero-order chi connectivity index (χ0) is 14.5. The smallest absolute Gasteiger partial charge is 0.122 e. The summed E-state index contributed by atoms with van der Waals surface area (Å²) in [6.45, 7) is 0. The van der Waals surface area contributed by atoms with Crippen LogP contribution in [0.2, 0.25) is 0 Å². The van der Waals surface area contributed by atoms with Crippen molar-refractivity contribution in [2.45, 2.75) is 18.9 Å². The third-order valence-electron chi connectivity index (χ3n) is 3.30. The summed E-state index contributed by atoms with van der Waals surface area (Å²) in [7, 11) is 5.19. The summed E-state index contributed by atoms with van der Waals surface area (Å²) >= 11 is 0. The molecule has 0 aliphatic carbocycles. The molecule has 2 rings (SSSR count). The van der Waals surface area contributed by atoms with Crippen LogP contribution in [0.1, 0.15) is 23.6 Å². The zero-order valence-corrected chi connectivity index (χ0v) is 12.2. The van der Waals surface area contributed by atoms with Crippen LogP contribution in [0, 0.1) is 0 Å². The van der Waals surface area contributed by atoms with Gasteiger partial charge >= 0.3 is 0 Å². The van der Waals surface area contributed by atoms with Crippen molar-refractivity contribution in [3.05, 3.63) is 41.7 Å². The van der Waals surface area contributed by atoms with Gasteiger partial charge in [-0.3, -0.25) is 4.68 Å². The largest absolute Gasteiger partial charge is 0.497 e. The van der Waals surface area contributed by atoms with Crippen LogP contribution in [0.3, 0.4) is 0 Å². The molecule has 20 heavy (non-hydrogen) atoms. The Kier molecular flexibility index (Phi) is 4.63. The molecule has 5 nitrogen and oxygen atoms in total. The van der Waals surface area contributed by atoms with Crippen molar-refractivity contribution in [3.8, 4) is 11.5 Å². The molecule has 0 aliphatic rings. The van der Waals surface area contributed by atoms with E-state index in [0.717, 1.165) is 29.9 Å². The molecule has 1 heterocycles. The zero-order valence-electron chi connectivity index (χ0n) is 12.2. The third kappa shape index (κ3) is 3.51. The first-order valence-corrected chi connectivity index (χ1v) is 6.58. The second kappa shape index (κ2) is 6.43. The Labute approximate surface area is 119 Å². The van der Waals surface area contributed by atoms with Gasteiger partial charge in [0.25, 0.3) is 0 Å². The van der Waals surface area contributed by atoms with Gasteiger partial charge in [-0.2, -0.15) is 5.10 Å². The highest BCUT2D eigenvalue weighted by Crippen LogP contribution is 2.27. The Bertz CT molecular complexity index is 544. The molecule has 0 fully saturated rings. The van der Waals surface area contributed by atoms with E-state index in [1.54, 1.807) is 18.9 Å². The van der Waals surface area contributed by atoms with Crippen molar-refractivity contribution < 1.29 is 9.47 Å². The van der Waals surface area contributed by atoms with E-state index < -0.39 is 0 Å². The quantitative estimate of drug-likeness (QED) is 0.876. The van der Waals surface area contributed by atoms with Crippen LogP contribution in [0.15, 0.2) is 30.6 Å². The number of hydrogen-bond acceptors (Lipinski definition) is 4. The van der Waals surface area contributed by atoms with Gasteiger partial charge in [-0.15, -0.1) is 0 Å². The summed E-state index contributed by atoms with van der Waals surface area (Å²) in [6, 6.07) is 5.70. The Hall–Kier alpha value is -2.01. The first-order chi connectivity index (χ1) is 9.62. The van der Waals surface area contributed by atoms with Crippen molar-refractivity contribution in [1.29, 1.82) is 0 Å². The molecular weight excluding hydrogens is 254 g/mol. The average Bonchev–Trinajstić information content (AvgIpc) is 2.89. The molecule has 1 unspecified atom stereocenters. The minimum atomic E-state index is -0.0563. The summed E-state index contributed by atoms with van der Waals surface area (Å²) in [4.78, 5) is 0. The van der Waals surface area contributed by atoms with E-state index in [4.69, 9.17) is 15.2 Å². The van der Waals surface area contributed by atoms with Gasteiger partial charge in [0.05, 0.1) is 20.4 Å². The molecular formula is C15H21N3O2. The second-order valence-corrected chi connectivity index (χ2v) is 4.81. The summed E-state index contributed by atoms with van der Waals surface area (Å²) in [5, 5.41) is 4.16. The lowest BCUT2D eigenvalue weighted by Gasteiger charge is -2.14. The molecule has 0 saturated heterocycles. The van der Waals surface area contributed by atoms with Gasteiger partial charge in [-0.25, -0.2) is 0 Å². The number of aryl methyl sites for hydroxylation is 2. The SMILES string of the molecule is COc1cc(OC)cc(C(N)CCc2cnn(C)c2)c1. The van der Waals surface area contributed by atoms with Gasteiger partial charge in [0.2, 0.25) is 0 Å². The fourth-order valence-corrected chi connectivity index (χ4v) is 2.13. The Morgan fingerprint density at radius 2 is 1.85 bits per heavy atom. The van der Waals surface area contributed by atoms with E-state index in [-0.39, 0.29) is 6.04 Å². The molecule has 108 valence electrons. The highest BCUT2D eigenvalue weighted by Gasteiger charge is 2.10. The van der Waals surface area contributed by atoms with E-state index in [0.29, 0.717) is 0 Å². The number of benzene rings is 1. The lowest BCUT2D eigenvalue weighted by atomic mass is 10.0. The number of rotatable bonds is 6. The Balaban J connectivity index is 2.06. The monoisotopic (exact) mass is 275 g/mol. The van der Waals surface area contributed by atoms with Gasteiger partial charge in [-0.1, -0.05) is 0 Å². The van der Waals surface area contributed by atoms with Crippen molar-refractivity contribution in [2.24, 2.45) is 12.8 Å². The van der Waals surface area contributed by atoms with Crippen LogP contribution in [-0.2, 0) is 13.5 Å². The maximum Gasteiger partial charge on any atom is 0.122 e. The molecule has 1 aromatic heterocycles. The van der Waals surface area contributed by atoms with E-state index in [1.165, 1.54) is 5.56 Å². The Morgan fingerprint density at radius 1 is 1.20 bits per heavy atom. The van der Waals surface area contributed by atoms with Gasteiger partial charge in [-0.05, 0) is 36.1 Å². The van der Waals surface area contributed by atoms with Gasteiger partial charge in [0.1, 0.15) is 11.5 Å². The van der Waals surface area contributed by atoms with Crippen molar-refractivity contribution >= 4 is 0 Å². The van der Waals surface area contributed by atoms with Crippen molar-refractivity contribution in [3.63, 3.8) is 0 Å². The van der Waals surface area contributed by atoms with Crippen LogP contribution >= 0.6 is 0 Å². The molecule has 0 bridgehead atoms. The van der Waals surface area contributed by atoms with Crippen LogP contribution in [0.25, 0.3) is 0 Å².